The van der Waals surface area contributed by atoms with Crippen molar-refractivity contribution >= 4 is 22.9 Å². The highest BCUT2D eigenvalue weighted by molar-refractivity contribution is 7.15. The summed E-state index contributed by atoms with van der Waals surface area (Å²) in [6.07, 6.45) is 4.44. The van der Waals surface area contributed by atoms with Crippen molar-refractivity contribution in [3.63, 3.8) is 0 Å². The summed E-state index contributed by atoms with van der Waals surface area (Å²) in [4.78, 5) is 5.37. The van der Waals surface area contributed by atoms with Gasteiger partial charge in [0, 0.05) is 23.5 Å². The normalized spacial score (nSPS) is 24.2. The second kappa shape index (κ2) is 3.73. The Kier molecular flexibility index (Phi) is 2.63. The molecule has 2 heterocycles. The number of nitrogens with zero attached hydrogens (tertiary/aromatic N) is 1. The monoisotopic (exact) mass is 202 g/mol. The maximum atomic E-state index is 5.77. The van der Waals surface area contributed by atoms with E-state index in [0.29, 0.717) is 10.4 Å². The molecule has 1 aromatic rings. The molecule has 4 heteroatoms. The van der Waals surface area contributed by atoms with Crippen LogP contribution in [0.15, 0.2) is 6.20 Å². The van der Waals surface area contributed by atoms with Crippen LogP contribution in [0.2, 0.25) is 4.47 Å². The number of piperidine rings is 1. The summed E-state index contributed by atoms with van der Waals surface area (Å²) in [5.74, 6) is 0.642. The number of thiazole rings is 1. The van der Waals surface area contributed by atoms with Crippen molar-refractivity contribution in [3.05, 3.63) is 15.5 Å². The van der Waals surface area contributed by atoms with Gasteiger partial charge in [-0.05, 0) is 19.4 Å². The average Bonchev–Trinajstić information content (AvgIpc) is 2.54. The second-order valence-corrected chi connectivity index (χ2v) is 4.70. The summed E-state index contributed by atoms with van der Waals surface area (Å²) in [7, 11) is 0. The van der Waals surface area contributed by atoms with Gasteiger partial charge in [-0.2, -0.15) is 0 Å². The van der Waals surface area contributed by atoms with Crippen LogP contribution in [0.4, 0.5) is 0 Å². The first kappa shape index (κ1) is 8.48. The van der Waals surface area contributed by atoms with Gasteiger partial charge in [0.05, 0.1) is 0 Å². The molecule has 0 aromatic carbocycles. The summed E-state index contributed by atoms with van der Waals surface area (Å²) < 4.78 is 0.663. The molecule has 1 fully saturated rings. The van der Waals surface area contributed by atoms with Crippen molar-refractivity contribution < 1.29 is 0 Å². The molecule has 2 nitrogen and oxygen atoms in total. The highest BCUT2D eigenvalue weighted by Gasteiger charge is 2.16. The van der Waals surface area contributed by atoms with Gasteiger partial charge in [-0.3, -0.25) is 0 Å². The third-order valence-corrected chi connectivity index (χ3v) is 3.47. The van der Waals surface area contributed by atoms with E-state index < -0.39 is 0 Å². The molecule has 0 aliphatic carbocycles. The molecule has 12 heavy (non-hydrogen) atoms. The largest absolute Gasteiger partial charge is 0.316 e. The highest BCUT2D eigenvalue weighted by atomic mass is 35.5. The van der Waals surface area contributed by atoms with Gasteiger partial charge in [0.15, 0.2) is 4.47 Å². The molecule has 1 aliphatic heterocycles. The molecule has 0 amide bonds. The Morgan fingerprint density at radius 2 is 2.58 bits per heavy atom. The molecule has 66 valence electrons. The fraction of sp³-hybridized carbons (Fsp3) is 0.625. The Bertz CT molecular complexity index is 255. The molecule has 1 unspecified atom stereocenters. The minimum atomic E-state index is 0.642. The average molecular weight is 203 g/mol. The maximum Gasteiger partial charge on any atom is 0.183 e. The van der Waals surface area contributed by atoms with Gasteiger partial charge in [0.25, 0.3) is 0 Å². The third-order valence-electron chi connectivity index (χ3n) is 2.19. The van der Waals surface area contributed by atoms with Crippen LogP contribution < -0.4 is 5.32 Å². The van der Waals surface area contributed by atoms with E-state index in [2.05, 4.69) is 10.3 Å². The minimum absolute atomic E-state index is 0.642. The Morgan fingerprint density at radius 1 is 1.67 bits per heavy atom. The van der Waals surface area contributed by atoms with Crippen molar-refractivity contribution in [1.82, 2.24) is 10.3 Å². The lowest BCUT2D eigenvalue weighted by Crippen LogP contribution is -2.27. The van der Waals surface area contributed by atoms with E-state index in [1.165, 1.54) is 17.7 Å². The maximum absolute atomic E-state index is 5.77. The van der Waals surface area contributed by atoms with Gasteiger partial charge in [0.1, 0.15) is 0 Å². The molecular weight excluding hydrogens is 192 g/mol. The Labute approximate surface area is 81.0 Å². The molecule has 0 radical (unpaired) electrons. The van der Waals surface area contributed by atoms with Crippen LogP contribution in [0.1, 0.15) is 23.6 Å². The van der Waals surface area contributed by atoms with Crippen LogP contribution in [0.25, 0.3) is 0 Å². The Balaban J connectivity index is 2.08. The highest BCUT2D eigenvalue weighted by Crippen LogP contribution is 2.29. The zero-order valence-electron chi connectivity index (χ0n) is 6.72. The number of nitrogens with one attached hydrogen (secondary N) is 1. The van der Waals surface area contributed by atoms with Crippen molar-refractivity contribution in [1.29, 1.82) is 0 Å². The van der Waals surface area contributed by atoms with E-state index in [4.69, 9.17) is 11.6 Å². The predicted molar refractivity (Wildman–Crippen MR) is 52.0 cm³/mol. The first-order valence-electron chi connectivity index (χ1n) is 4.18. The van der Waals surface area contributed by atoms with Crippen molar-refractivity contribution in [3.8, 4) is 0 Å². The second-order valence-electron chi connectivity index (χ2n) is 3.06. The molecule has 0 bridgehead atoms. The summed E-state index contributed by atoms with van der Waals surface area (Å²) in [6.45, 7) is 2.24. The van der Waals surface area contributed by atoms with Crippen LogP contribution in [-0.2, 0) is 0 Å². The molecular formula is C8H11ClN2S. The van der Waals surface area contributed by atoms with E-state index in [1.54, 1.807) is 11.3 Å². The van der Waals surface area contributed by atoms with E-state index in [0.717, 1.165) is 13.1 Å². The van der Waals surface area contributed by atoms with Gasteiger partial charge in [-0.1, -0.05) is 11.6 Å². The van der Waals surface area contributed by atoms with Crippen molar-refractivity contribution in [2.45, 2.75) is 18.8 Å². The summed E-state index contributed by atoms with van der Waals surface area (Å²) in [5.41, 5.74) is 0. The summed E-state index contributed by atoms with van der Waals surface area (Å²) >= 11 is 7.38. The van der Waals surface area contributed by atoms with Crippen LogP contribution in [-0.4, -0.2) is 18.1 Å². The minimum Gasteiger partial charge on any atom is -0.316 e. The number of rotatable bonds is 1. The van der Waals surface area contributed by atoms with Crippen LogP contribution >= 0.6 is 22.9 Å². The van der Waals surface area contributed by atoms with Gasteiger partial charge < -0.3 is 5.32 Å². The fourth-order valence-corrected chi connectivity index (χ4v) is 2.64. The van der Waals surface area contributed by atoms with Gasteiger partial charge >= 0.3 is 0 Å². The Hall–Kier alpha value is -0.120. The third kappa shape index (κ3) is 1.79. The van der Waals surface area contributed by atoms with E-state index in [-0.39, 0.29) is 0 Å². The first-order chi connectivity index (χ1) is 5.86. The molecule has 2 rings (SSSR count). The molecule has 1 N–H and O–H groups in total. The number of hydrogen-bond acceptors (Lipinski definition) is 3. The Morgan fingerprint density at radius 3 is 3.17 bits per heavy atom. The van der Waals surface area contributed by atoms with Crippen molar-refractivity contribution in [2.75, 3.05) is 13.1 Å². The molecule has 1 aromatic heterocycles. The smallest absolute Gasteiger partial charge is 0.183 e. The summed E-state index contributed by atoms with van der Waals surface area (Å²) in [5, 5.41) is 3.38. The topological polar surface area (TPSA) is 24.9 Å². The zero-order valence-corrected chi connectivity index (χ0v) is 8.29. The SMILES string of the molecule is Clc1ncc(C2CCCNC2)s1. The molecule has 1 atom stereocenters. The molecule has 1 aliphatic rings. The zero-order chi connectivity index (χ0) is 8.39. The molecule has 0 saturated carbocycles. The lowest BCUT2D eigenvalue weighted by molar-refractivity contribution is 0.466. The fourth-order valence-electron chi connectivity index (χ4n) is 1.55. The van der Waals surface area contributed by atoms with E-state index in [9.17, 15) is 0 Å². The predicted octanol–water partition coefficient (Wildman–Crippen LogP) is 2.26. The molecule has 1 saturated heterocycles. The lowest BCUT2D eigenvalue weighted by Gasteiger charge is -2.20. The number of aromatic nitrogens is 1. The van der Waals surface area contributed by atoms with Crippen LogP contribution in [0.3, 0.4) is 0 Å². The van der Waals surface area contributed by atoms with Gasteiger partial charge in [0.2, 0.25) is 0 Å². The number of hydrogen-bond donors (Lipinski definition) is 1. The lowest BCUT2D eigenvalue weighted by atomic mass is 9.99. The summed E-state index contributed by atoms with van der Waals surface area (Å²) in [6, 6.07) is 0. The van der Waals surface area contributed by atoms with Gasteiger partial charge in [-0.25, -0.2) is 4.98 Å². The quantitative estimate of drug-likeness (QED) is 0.756. The first-order valence-corrected chi connectivity index (χ1v) is 5.37. The van der Waals surface area contributed by atoms with Crippen LogP contribution in [0, 0.1) is 0 Å². The molecule has 0 spiro atoms. The number of halogens is 1. The standard InChI is InChI=1S/C8H11ClN2S/c9-8-11-5-7(12-8)6-2-1-3-10-4-6/h5-6,10H,1-4H2. The van der Waals surface area contributed by atoms with Crippen molar-refractivity contribution in [2.24, 2.45) is 0 Å². The van der Waals surface area contributed by atoms with Gasteiger partial charge in [-0.15, -0.1) is 11.3 Å². The van der Waals surface area contributed by atoms with E-state index in [1.807, 2.05) is 6.20 Å². The van der Waals surface area contributed by atoms with Crippen LogP contribution in [0.5, 0.6) is 0 Å². The van der Waals surface area contributed by atoms with E-state index >= 15 is 0 Å².